The Morgan fingerprint density at radius 1 is 0.163 bits per heavy atom. The van der Waals surface area contributed by atoms with Crippen molar-refractivity contribution >= 4 is 32.3 Å². The quantitative estimate of drug-likeness (QED) is 0.161. The van der Waals surface area contributed by atoms with E-state index in [1.165, 1.54) is 177 Å². The van der Waals surface area contributed by atoms with Gasteiger partial charge in [0.05, 0.1) is 0 Å². The predicted molar refractivity (Wildman–Crippen MR) is 405 cm³/mol. The minimum Gasteiger partial charge on any atom is -0.0622 e. The Labute approximate surface area is 553 Å². The van der Waals surface area contributed by atoms with Crippen molar-refractivity contribution in [3.8, 4) is 100 Å². The summed E-state index contributed by atoms with van der Waals surface area (Å²) in [4.78, 5) is 0. The molecule has 0 N–H and O–H groups in total. The zero-order valence-corrected chi connectivity index (χ0v) is 60.2. The van der Waals surface area contributed by atoms with E-state index in [0.717, 1.165) is 0 Å². The number of fused-ring (bicyclic) bond motifs is 8. The number of benzene rings is 11. The second kappa shape index (κ2) is 20.9. The molecule has 2 aliphatic carbocycles. The van der Waals surface area contributed by atoms with Crippen LogP contribution in [0.15, 0.2) is 170 Å². The maximum Gasteiger partial charge on any atom is -0.000740 e. The van der Waals surface area contributed by atoms with Crippen LogP contribution in [0.25, 0.3) is 132 Å². The minimum absolute atomic E-state index is 0.0795. The highest BCUT2D eigenvalue weighted by molar-refractivity contribution is 6.35. The van der Waals surface area contributed by atoms with Crippen molar-refractivity contribution in [1.82, 2.24) is 0 Å². The average molecular weight is 1210 g/mol. The van der Waals surface area contributed by atoms with Crippen LogP contribution in [0.1, 0.15) is 211 Å². The number of hydrogen-bond acceptors (Lipinski definition) is 0. The van der Waals surface area contributed by atoms with Gasteiger partial charge in [-0.3, -0.25) is 0 Å². The summed E-state index contributed by atoms with van der Waals surface area (Å²) in [5, 5.41) is 7.87. The van der Waals surface area contributed by atoms with Gasteiger partial charge in [-0.05, 0) is 226 Å². The van der Waals surface area contributed by atoms with Crippen molar-refractivity contribution in [2.24, 2.45) is 0 Å². The van der Waals surface area contributed by atoms with Crippen LogP contribution < -0.4 is 0 Å². The summed E-state index contributed by atoms with van der Waals surface area (Å²) in [5.41, 5.74) is 33.6. The molecule has 0 unspecified atom stereocenters. The molecule has 0 aromatic heterocycles. The standard InChI is InChI=1S/C92H100/c1-85(2,3)59-40-55(41-60(49-59)86(4,5)6)75-67-32-28-29-33-68(67)76(56-42-61(87(7,8)9)50-62(43-56)88(10,11)12)82-71-38-39-73-80-72(37-36-70(79(71)80)81(75)82)83-77(57-44-63(89(13,14)15)51-64(45-57)90(16,17)18)69-35-34-54(53-30-26-25-27-31-53)48-74(69)78(84(73)83)58-46-65(91(19,20)21)52-66(47-58)92(22,23)24/h25-52H,1-24H3. The van der Waals surface area contributed by atoms with Gasteiger partial charge in [-0.15, -0.1) is 0 Å². The monoisotopic (exact) mass is 1200 g/mol. The van der Waals surface area contributed by atoms with Crippen molar-refractivity contribution in [1.29, 1.82) is 0 Å². The second-order valence-corrected chi connectivity index (χ2v) is 35.9. The van der Waals surface area contributed by atoms with Gasteiger partial charge in [0.25, 0.3) is 0 Å². The molecule has 0 amide bonds. The van der Waals surface area contributed by atoms with Gasteiger partial charge < -0.3 is 0 Å². The molecule has 0 heterocycles. The summed E-state index contributed by atoms with van der Waals surface area (Å²) < 4.78 is 0. The summed E-state index contributed by atoms with van der Waals surface area (Å²) >= 11 is 0. The van der Waals surface area contributed by atoms with E-state index in [-0.39, 0.29) is 43.3 Å². The van der Waals surface area contributed by atoms with Crippen molar-refractivity contribution < 1.29 is 0 Å². The lowest BCUT2D eigenvalue weighted by Crippen LogP contribution is -2.17. The molecule has 0 nitrogen and oxygen atoms in total. The van der Waals surface area contributed by atoms with E-state index in [2.05, 4.69) is 336 Å². The Balaban J connectivity index is 1.26. The third kappa shape index (κ3) is 10.6. The highest BCUT2D eigenvalue weighted by atomic mass is 14.4. The molecule has 0 bridgehead atoms. The van der Waals surface area contributed by atoms with E-state index >= 15 is 0 Å². The van der Waals surface area contributed by atoms with Crippen molar-refractivity contribution in [2.45, 2.75) is 209 Å². The largest absolute Gasteiger partial charge is 0.0622 e. The first-order valence-electron chi connectivity index (χ1n) is 34.2. The lowest BCUT2D eigenvalue weighted by molar-refractivity contribution is 0.568. The van der Waals surface area contributed by atoms with Gasteiger partial charge in [-0.2, -0.15) is 0 Å². The predicted octanol–water partition coefficient (Wildman–Crippen LogP) is 27.2. The van der Waals surface area contributed by atoms with Crippen LogP contribution >= 0.6 is 0 Å². The molecule has 0 radical (unpaired) electrons. The minimum atomic E-state index is -0.1000. The molecule has 0 atom stereocenters. The zero-order chi connectivity index (χ0) is 66.3. The summed E-state index contributed by atoms with van der Waals surface area (Å²) in [6, 6.07) is 68.6. The molecule has 0 spiro atoms. The third-order valence-electron chi connectivity index (χ3n) is 20.7. The van der Waals surface area contributed by atoms with Crippen molar-refractivity contribution in [3.05, 3.63) is 214 Å². The third-order valence-corrected chi connectivity index (χ3v) is 20.7. The molecule has 0 heteroatoms. The maximum absolute atomic E-state index is 2.57. The molecule has 0 fully saturated rings. The van der Waals surface area contributed by atoms with Crippen LogP contribution in [-0.2, 0) is 43.3 Å². The first-order chi connectivity index (χ1) is 42.7. The van der Waals surface area contributed by atoms with Crippen LogP contribution in [0.2, 0.25) is 0 Å². The van der Waals surface area contributed by atoms with Crippen LogP contribution in [0.4, 0.5) is 0 Å². The lowest BCUT2D eigenvalue weighted by Gasteiger charge is -2.29. The first kappa shape index (κ1) is 63.0. The highest BCUT2D eigenvalue weighted by Gasteiger charge is 2.39. The maximum atomic E-state index is 2.57. The van der Waals surface area contributed by atoms with E-state index in [0.29, 0.717) is 0 Å². The van der Waals surface area contributed by atoms with Crippen LogP contribution in [0.3, 0.4) is 0 Å². The van der Waals surface area contributed by atoms with Crippen LogP contribution in [0, 0.1) is 0 Å². The summed E-state index contributed by atoms with van der Waals surface area (Å²) in [5.74, 6) is 0. The van der Waals surface area contributed by atoms with E-state index in [1.807, 2.05) is 0 Å². The van der Waals surface area contributed by atoms with Crippen molar-refractivity contribution in [3.63, 3.8) is 0 Å². The Hall–Kier alpha value is -7.80. The molecule has 0 saturated carbocycles. The topological polar surface area (TPSA) is 0 Å². The fourth-order valence-electron chi connectivity index (χ4n) is 14.9. The lowest BCUT2D eigenvalue weighted by atomic mass is 9.75. The molecule has 11 aromatic carbocycles. The van der Waals surface area contributed by atoms with Gasteiger partial charge in [0.2, 0.25) is 0 Å². The van der Waals surface area contributed by atoms with Crippen LogP contribution in [0.5, 0.6) is 0 Å². The molecule has 0 aliphatic heterocycles. The summed E-state index contributed by atoms with van der Waals surface area (Å²) in [6.07, 6.45) is 0. The second-order valence-electron chi connectivity index (χ2n) is 35.9. The summed E-state index contributed by atoms with van der Waals surface area (Å²) in [6.45, 7) is 57.2. The smallest absolute Gasteiger partial charge is 0.000740 e. The first-order valence-corrected chi connectivity index (χ1v) is 34.2. The molecule has 92 heavy (non-hydrogen) atoms. The van der Waals surface area contributed by atoms with E-state index in [9.17, 15) is 0 Å². The van der Waals surface area contributed by atoms with Crippen LogP contribution in [-0.4, -0.2) is 0 Å². The van der Waals surface area contributed by atoms with E-state index in [4.69, 9.17) is 0 Å². The van der Waals surface area contributed by atoms with Gasteiger partial charge in [0.15, 0.2) is 0 Å². The summed E-state index contributed by atoms with van der Waals surface area (Å²) in [7, 11) is 0. The molecule has 0 saturated heterocycles. The normalized spacial score (nSPS) is 13.7. The molecular weight excluding hydrogens is 1110 g/mol. The highest BCUT2D eigenvalue weighted by Crippen LogP contribution is 2.65. The van der Waals surface area contributed by atoms with E-state index < -0.39 is 0 Å². The zero-order valence-electron chi connectivity index (χ0n) is 60.2. The van der Waals surface area contributed by atoms with Gasteiger partial charge >= 0.3 is 0 Å². The van der Waals surface area contributed by atoms with Crippen molar-refractivity contribution in [2.75, 3.05) is 0 Å². The Kier molecular flexibility index (Phi) is 14.3. The fourth-order valence-corrected chi connectivity index (χ4v) is 14.9. The average Bonchev–Trinajstić information content (AvgIpc) is 1.49. The Morgan fingerprint density at radius 3 is 0.641 bits per heavy atom. The Bertz CT molecular complexity index is 4610. The Morgan fingerprint density at radius 2 is 0.391 bits per heavy atom. The van der Waals surface area contributed by atoms with Gasteiger partial charge in [0, 0.05) is 0 Å². The molecular formula is C92H100. The molecule has 2 aliphatic rings. The van der Waals surface area contributed by atoms with Gasteiger partial charge in [-0.1, -0.05) is 330 Å². The fraction of sp³-hybridized carbons (Fsp3) is 0.348. The number of hydrogen-bond donors (Lipinski definition) is 0. The van der Waals surface area contributed by atoms with E-state index in [1.54, 1.807) is 0 Å². The SMILES string of the molecule is CC(C)(C)c1cc(-c2c3c(c(-c4cc(C(C)(C)C)cc(C(C)(C)C)c4)c4ccccc24)-c2ccc4c5c(ccc-3c25)-c2c-4c(-c3cc(C(C)(C)C)cc(C(C)(C)C)c3)c3cc(-c4ccccc4)ccc3c2-c2cc(C(C)(C)C)cc(C(C)(C)C)c2)cc(C(C)(C)C)c1. The molecule has 11 aromatic rings. The van der Waals surface area contributed by atoms with Gasteiger partial charge in [-0.25, -0.2) is 0 Å². The van der Waals surface area contributed by atoms with Gasteiger partial charge in [0.1, 0.15) is 0 Å². The number of rotatable bonds is 5. The molecule has 13 rings (SSSR count). The molecule has 468 valence electrons.